The van der Waals surface area contributed by atoms with Crippen molar-refractivity contribution in [3.05, 3.63) is 210 Å². The molecule has 0 aliphatic carbocycles. The van der Waals surface area contributed by atoms with Gasteiger partial charge < -0.3 is 14.0 Å². The molecule has 502 valence electrons. The number of imidazole rings is 1. The number of hydrogen-bond acceptors (Lipinski definition) is 10. The molecule has 0 radical (unpaired) electrons. The first-order chi connectivity index (χ1) is 46.4. The molecule has 7 aromatic heterocycles. The maximum absolute atomic E-state index is 11.6. The number of fused-ring (bicyclic) bond motifs is 7. The van der Waals surface area contributed by atoms with Crippen LogP contribution in [-0.4, -0.2) is 91.6 Å². The highest BCUT2D eigenvalue weighted by atomic mass is 32.2. The summed E-state index contributed by atoms with van der Waals surface area (Å²) >= 11 is 0. The lowest BCUT2D eigenvalue weighted by atomic mass is 10.00. The quantitative estimate of drug-likeness (QED) is 0.136. The van der Waals surface area contributed by atoms with Crippen LogP contribution in [0, 0.1) is 13.8 Å². The van der Waals surface area contributed by atoms with E-state index >= 15 is 0 Å². The number of ether oxygens (including phenoxy) is 1. The molecule has 0 fully saturated rings. The van der Waals surface area contributed by atoms with Gasteiger partial charge in [-0.15, -0.1) is 0 Å². The van der Waals surface area contributed by atoms with Crippen LogP contribution in [0.3, 0.4) is 0 Å². The highest BCUT2D eigenvalue weighted by molar-refractivity contribution is 7.89. The molecular formula is C78H101N13O3S. The van der Waals surface area contributed by atoms with Gasteiger partial charge in [-0.2, -0.15) is 29.6 Å². The summed E-state index contributed by atoms with van der Waals surface area (Å²) in [6.45, 7) is 36.6. The van der Waals surface area contributed by atoms with E-state index in [1.165, 1.54) is 55.2 Å². The maximum atomic E-state index is 11.6. The number of pyridine rings is 1. The summed E-state index contributed by atoms with van der Waals surface area (Å²) in [5.74, 6) is 4.11. The molecule has 17 heteroatoms. The Morgan fingerprint density at radius 3 is 1.61 bits per heavy atom. The topological polar surface area (TPSA) is 153 Å². The van der Waals surface area contributed by atoms with E-state index in [1.54, 1.807) is 12.1 Å². The number of rotatable bonds is 9. The van der Waals surface area contributed by atoms with Crippen LogP contribution in [-0.2, 0) is 30.6 Å². The van der Waals surface area contributed by atoms with Gasteiger partial charge in [0.25, 0.3) is 10.0 Å². The highest BCUT2D eigenvalue weighted by Gasteiger charge is 2.21. The number of benzene rings is 6. The molecule has 16 nitrogen and oxygen atoms in total. The lowest BCUT2D eigenvalue weighted by molar-refractivity contribution is 0.303. The minimum absolute atomic E-state index is 0.202. The van der Waals surface area contributed by atoms with Gasteiger partial charge >= 0.3 is 0 Å². The van der Waals surface area contributed by atoms with Crippen LogP contribution >= 0.6 is 0 Å². The first kappa shape index (κ1) is 67.3. The standard InChI is InChI=1S/C12H16N2.C11H14N2O2S.4C11H14N2.C11H15NO/c1-4-14-11-8-6-5-7-10(11)12(13-14)9(2)3;1-8(2)11-9-6-4-5-7-10(9)13(12-11)16(3,14)15;1-8(2)9-5-4-6-11-10(9)7-12-13(11)3;1-8(2)11-9-6-4-5-7-10(9)13(3)12-11;1-8(2)11-12-9(3)10-6-4-5-7-13(10)11;1-8(2)13-11-7-5-4-6-10(11)9(3)12-13;1-9(2)12-7-8-13-11-6-4-3-5-10(11)12/h5-9H,4H2,1-3H3;4-8H,1-3H3;4*4-8H,1-3H3;3-6,9H,7-8H2,1-2H3/i;;;3D3;;;. The molecule has 0 spiro atoms. The third-order valence-electron chi connectivity index (χ3n) is 16.5. The Bertz CT molecular complexity index is 4780. The number of aryl methyl sites for hydroxylation is 5. The molecule has 6 aromatic carbocycles. The minimum Gasteiger partial charge on any atom is -0.490 e. The minimum atomic E-state index is -3.34. The van der Waals surface area contributed by atoms with Gasteiger partial charge in [0, 0.05) is 75.8 Å². The molecule has 95 heavy (non-hydrogen) atoms. The lowest BCUT2D eigenvalue weighted by Crippen LogP contribution is -2.37. The zero-order valence-corrected chi connectivity index (χ0v) is 60.1. The van der Waals surface area contributed by atoms with Crippen molar-refractivity contribution in [2.45, 2.75) is 166 Å². The van der Waals surface area contributed by atoms with Gasteiger partial charge in [0.05, 0.1) is 86.3 Å². The summed E-state index contributed by atoms with van der Waals surface area (Å²) in [5.41, 5.74) is 13.9. The zero-order chi connectivity index (χ0) is 71.5. The first-order valence-corrected chi connectivity index (χ1v) is 35.2. The van der Waals surface area contributed by atoms with Crippen molar-refractivity contribution >= 4 is 75.7 Å². The molecular weight excluding hydrogens is 1200 g/mol. The summed E-state index contributed by atoms with van der Waals surface area (Å²) in [4.78, 5) is 6.93. The first-order valence-electron chi connectivity index (χ1n) is 34.8. The van der Waals surface area contributed by atoms with Crippen LogP contribution in [0.4, 0.5) is 5.69 Å². The molecule has 14 rings (SSSR count). The van der Waals surface area contributed by atoms with E-state index in [2.05, 4.69) is 230 Å². The molecule has 1 aliphatic rings. The van der Waals surface area contributed by atoms with E-state index < -0.39 is 17.0 Å². The average molecular weight is 1300 g/mol. The van der Waals surface area contributed by atoms with Gasteiger partial charge in [0.1, 0.15) is 18.2 Å². The van der Waals surface area contributed by atoms with E-state index in [0.717, 1.165) is 79.8 Å². The van der Waals surface area contributed by atoms with Crippen LogP contribution in [0.25, 0.3) is 60.0 Å². The van der Waals surface area contributed by atoms with Crippen LogP contribution in [0.2, 0.25) is 0 Å². The second kappa shape index (κ2) is 31.9. The normalized spacial score (nSPS) is 12.7. The molecule has 13 aromatic rings. The number of hydrogen-bond donors (Lipinski definition) is 0. The fraction of sp³-hybridized carbons (Fsp3) is 0.385. The van der Waals surface area contributed by atoms with E-state index in [1.807, 2.05) is 106 Å². The van der Waals surface area contributed by atoms with Gasteiger partial charge in [-0.3, -0.25) is 18.7 Å². The van der Waals surface area contributed by atoms with Crippen LogP contribution in [0.5, 0.6) is 5.75 Å². The molecule has 0 N–H and O–H groups in total. The summed E-state index contributed by atoms with van der Waals surface area (Å²) in [6.07, 6.45) is 5.19. The predicted octanol–water partition coefficient (Wildman–Crippen LogP) is 18.5. The van der Waals surface area contributed by atoms with Crippen molar-refractivity contribution in [2.24, 2.45) is 14.0 Å². The smallest absolute Gasteiger partial charge is 0.251 e. The van der Waals surface area contributed by atoms with Crippen molar-refractivity contribution < 1.29 is 17.3 Å². The fourth-order valence-electron chi connectivity index (χ4n) is 11.8. The van der Waals surface area contributed by atoms with Gasteiger partial charge in [-0.05, 0) is 132 Å². The Morgan fingerprint density at radius 2 is 1.02 bits per heavy atom. The van der Waals surface area contributed by atoms with Gasteiger partial charge in [-0.25, -0.2) is 13.4 Å². The Balaban J connectivity index is 0.000000146. The molecule has 0 unspecified atom stereocenters. The van der Waals surface area contributed by atoms with E-state index in [9.17, 15) is 8.42 Å². The van der Waals surface area contributed by atoms with Crippen molar-refractivity contribution in [3.63, 3.8) is 0 Å². The largest absolute Gasteiger partial charge is 0.490 e. The molecule has 0 saturated carbocycles. The van der Waals surface area contributed by atoms with E-state index in [4.69, 9.17) is 8.85 Å². The Labute approximate surface area is 567 Å². The van der Waals surface area contributed by atoms with Crippen molar-refractivity contribution in [1.82, 2.24) is 57.7 Å². The highest BCUT2D eigenvalue weighted by Crippen LogP contribution is 2.33. The van der Waals surface area contributed by atoms with E-state index in [-0.39, 0.29) is 11.8 Å². The molecule has 0 atom stereocenters. The summed E-state index contributed by atoms with van der Waals surface area (Å²) in [7, 11) is -1.36. The molecule has 0 amide bonds. The third kappa shape index (κ3) is 16.9. The second-order valence-electron chi connectivity index (χ2n) is 26.1. The zero-order valence-electron chi connectivity index (χ0n) is 62.3. The van der Waals surface area contributed by atoms with Crippen molar-refractivity contribution in [3.8, 4) is 5.75 Å². The lowest BCUT2D eigenvalue weighted by Gasteiger charge is -2.34. The number of nitrogens with zero attached hydrogens (tertiary/aromatic N) is 13. The molecule has 0 bridgehead atoms. The van der Waals surface area contributed by atoms with Crippen molar-refractivity contribution in [2.75, 3.05) is 24.3 Å². The Morgan fingerprint density at radius 1 is 0.505 bits per heavy atom. The summed E-state index contributed by atoms with van der Waals surface area (Å²) in [5, 5.41) is 27.5. The predicted molar refractivity (Wildman–Crippen MR) is 396 cm³/mol. The van der Waals surface area contributed by atoms with Crippen LogP contribution in [0.1, 0.15) is 183 Å². The number of aromatic nitrogens is 12. The summed E-state index contributed by atoms with van der Waals surface area (Å²) in [6, 6.07) is 53.4. The Kier molecular flexibility index (Phi) is 22.6. The molecule has 1 aliphatic heterocycles. The molecule has 8 heterocycles. The Hall–Kier alpha value is -9.09. The second-order valence-corrected chi connectivity index (χ2v) is 27.9. The third-order valence-corrected chi connectivity index (χ3v) is 17.4. The van der Waals surface area contributed by atoms with Crippen LogP contribution < -0.4 is 9.64 Å². The fourth-order valence-corrected chi connectivity index (χ4v) is 12.5. The SMILES string of the molecule is CC(C)N1CCOc2ccccc21.CC(C)c1cccc2c1cnn2C.CC(C)c1nn(S(C)(=O)=O)c2ccccc12.CCn1nc(C(C)C)c2ccccc21.Cc1nc(C(C)C)n2ccccc12.Cc1nn(C(C)C)c2ccccc12.[2H]C([2H])([2H])n1nc(C(C)C)c2ccccc21. The monoisotopic (exact) mass is 1300 g/mol. The van der Waals surface area contributed by atoms with Crippen LogP contribution in [0.15, 0.2) is 170 Å². The van der Waals surface area contributed by atoms with Gasteiger partial charge in [0.15, 0.2) is 0 Å². The van der Waals surface area contributed by atoms with E-state index in [0.29, 0.717) is 40.9 Å². The van der Waals surface area contributed by atoms with Gasteiger partial charge in [0.2, 0.25) is 0 Å². The average Bonchev–Trinajstić information content (AvgIpc) is 1.63. The van der Waals surface area contributed by atoms with Gasteiger partial charge in [-0.1, -0.05) is 172 Å². The maximum Gasteiger partial charge on any atom is 0.251 e. The molecule has 0 saturated heterocycles. The number of para-hydroxylation sites is 6. The summed E-state index contributed by atoms with van der Waals surface area (Å²) < 4.78 is 61.5. The van der Waals surface area contributed by atoms with Crippen molar-refractivity contribution in [1.29, 1.82) is 0 Å². The number of anilines is 1.